The van der Waals surface area contributed by atoms with Gasteiger partial charge in [0.25, 0.3) is 0 Å². The number of aromatic nitrogens is 1. The number of ether oxygens (including phenoxy) is 1. The Balaban J connectivity index is 1.01. The molecular formula is C37H44Cl3N5O2. The lowest BCUT2D eigenvalue weighted by Crippen LogP contribution is -2.47. The average molecular weight is 697 g/mol. The number of hydrogen-bond acceptors (Lipinski definition) is 6. The molecule has 4 aliphatic rings. The smallest absolute Gasteiger partial charge is 0.228 e. The number of halogens is 3. The van der Waals surface area contributed by atoms with Crippen molar-refractivity contribution in [1.29, 1.82) is 0 Å². The maximum Gasteiger partial charge on any atom is 0.228 e. The Morgan fingerprint density at radius 1 is 1.02 bits per heavy atom. The predicted molar refractivity (Wildman–Crippen MR) is 190 cm³/mol. The minimum absolute atomic E-state index is 0.0254. The molecule has 250 valence electrons. The zero-order valence-corrected chi connectivity index (χ0v) is 29.3. The number of carbonyl (C=O) groups is 1. The van der Waals surface area contributed by atoms with Gasteiger partial charge in [-0.05, 0) is 111 Å². The Morgan fingerprint density at radius 2 is 1.83 bits per heavy atom. The van der Waals surface area contributed by atoms with Crippen LogP contribution in [0, 0.1) is 12.8 Å². The van der Waals surface area contributed by atoms with Crippen LogP contribution in [-0.2, 0) is 17.8 Å². The molecule has 3 atom stereocenters. The zero-order chi connectivity index (χ0) is 32.5. The minimum Gasteiger partial charge on any atom is -0.485 e. The van der Waals surface area contributed by atoms with Crippen LogP contribution in [0.4, 0.5) is 5.82 Å². The van der Waals surface area contributed by atoms with Crippen molar-refractivity contribution in [3.8, 4) is 5.75 Å². The van der Waals surface area contributed by atoms with Crippen LogP contribution in [-0.4, -0.2) is 66.7 Å². The molecule has 0 radical (unpaired) electrons. The van der Waals surface area contributed by atoms with Crippen molar-refractivity contribution in [2.45, 2.75) is 82.5 Å². The van der Waals surface area contributed by atoms with Crippen molar-refractivity contribution < 1.29 is 9.53 Å². The minimum atomic E-state index is -0.143. The van der Waals surface area contributed by atoms with Gasteiger partial charge < -0.3 is 25.2 Å². The Hall–Kier alpha value is -2.55. The maximum atomic E-state index is 14.3. The van der Waals surface area contributed by atoms with Gasteiger partial charge in [-0.1, -0.05) is 53.0 Å². The Kier molecular flexibility index (Phi) is 10.2. The number of rotatable bonds is 12. The number of aryl methyl sites for hydroxylation is 1. The number of amides is 1. The van der Waals surface area contributed by atoms with Crippen LogP contribution in [0.2, 0.25) is 15.1 Å². The van der Waals surface area contributed by atoms with Crippen molar-refractivity contribution in [3.05, 3.63) is 86.0 Å². The number of pyridine rings is 1. The first kappa shape index (κ1) is 33.0. The largest absolute Gasteiger partial charge is 0.485 e. The second-order valence-electron chi connectivity index (χ2n) is 13.8. The highest BCUT2D eigenvalue weighted by Gasteiger charge is 2.40. The van der Waals surface area contributed by atoms with Crippen LogP contribution in [0.15, 0.2) is 48.7 Å². The normalized spacial score (nSPS) is 22.8. The Bertz CT molecular complexity index is 1560. The number of anilines is 1. The number of nitrogens with zero attached hydrogens (tertiary/aromatic N) is 3. The lowest BCUT2D eigenvalue weighted by atomic mass is 9.80. The van der Waals surface area contributed by atoms with Crippen LogP contribution < -0.4 is 20.3 Å². The molecule has 1 amide bonds. The topological polar surface area (TPSA) is 69.7 Å². The molecule has 2 aromatic carbocycles. The molecular weight excluding hydrogens is 653 g/mol. The fourth-order valence-corrected chi connectivity index (χ4v) is 7.96. The van der Waals surface area contributed by atoms with E-state index < -0.39 is 0 Å². The molecule has 2 aliphatic heterocycles. The van der Waals surface area contributed by atoms with Crippen molar-refractivity contribution >= 4 is 46.5 Å². The predicted octanol–water partition coefficient (Wildman–Crippen LogP) is 7.19. The molecule has 0 bridgehead atoms. The number of hydrogen-bond donors (Lipinski definition) is 2. The highest BCUT2D eigenvalue weighted by Crippen LogP contribution is 2.38. The lowest BCUT2D eigenvalue weighted by Gasteiger charge is -2.36. The van der Waals surface area contributed by atoms with Crippen LogP contribution in [0.5, 0.6) is 5.75 Å². The third-order valence-electron chi connectivity index (χ3n) is 10.0. The molecule has 7 rings (SSSR count). The summed E-state index contributed by atoms with van der Waals surface area (Å²) >= 11 is 19.6. The SMILES string of the molecule is Cc1cc(Cl)c(O[C@H]2CCN(c3ccc([C@H]4CCNC[C@@H]4C(=O)N(Cc4cc(CCNC5CC5)ccc4Cl)C4CC4)cn3)C2)c(Cl)c1. The summed E-state index contributed by atoms with van der Waals surface area (Å²) in [6, 6.07) is 15.3. The second-order valence-corrected chi connectivity index (χ2v) is 15.0. The van der Waals surface area contributed by atoms with Gasteiger partial charge in [0, 0.05) is 49.4 Å². The molecule has 2 aliphatic carbocycles. The number of piperidine rings is 1. The van der Waals surface area contributed by atoms with Crippen LogP contribution in [0.1, 0.15) is 66.7 Å². The summed E-state index contributed by atoms with van der Waals surface area (Å²) in [7, 11) is 0. The first-order valence-electron chi connectivity index (χ1n) is 17.2. The molecule has 4 fully saturated rings. The van der Waals surface area contributed by atoms with E-state index in [1.54, 1.807) is 0 Å². The third kappa shape index (κ3) is 8.02. The van der Waals surface area contributed by atoms with Crippen molar-refractivity contribution in [3.63, 3.8) is 0 Å². The standard InChI is InChI=1S/C37H44Cl3N5O2/c1-23-16-33(39)36(34(40)17-23)47-29-12-15-44(22-29)35-9-3-25(19-43-35)30-11-13-41-20-31(30)37(46)45(28-6-7-28)21-26-18-24(2-8-32(26)38)10-14-42-27-4-5-27/h2-3,8-9,16-19,27-31,41-42H,4-7,10-15,20-22H2,1H3/t29-,30+,31-/m0/s1. The van der Waals surface area contributed by atoms with Crippen LogP contribution in [0.3, 0.4) is 0 Å². The molecule has 3 heterocycles. The van der Waals surface area contributed by atoms with E-state index in [-0.39, 0.29) is 29.9 Å². The number of nitrogens with one attached hydrogen (secondary N) is 2. The van der Waals surface area contributed by atoms with E-state index in [9.17, 15) is 4.79 Å². The van der Waals surface area contributed by atoms with Gasteiger partial charge in [-0.3, -0.25) is 4.79 Å². The highest BCUT2D eigenvalue weighted by atomic mass is 35.5. The van der Waals surface area contributed by atoms with Crippen molar-refractivity contribution in [1.82, 2.24) is 20.5 Å². The number of carbonyl (C=O) groups excluding carboxylic acids is 1. The molecule has 2 N–H and O–H groups in total. The monoisotopic (exact) mass is 695 g/mol. The fourth-order valence-electron chi connectivity index (χ4n) is 7.10. The van der Waals surface area contributed by atoms with Gasteiger partial charge in [0.15, 0.2) is 5.75 Å². The van der Waals surface area contributed by atoms with Gasteiger partial charge >= 0.3 is 0 Å². The fraction of sp³-hybridized carbons (Fsp3) is 0.514. The van der Waals surface area contributed by atoms with Crippen molar-refractivity contribution in [2.24, 2.45) is 5.92 Å². The lowest BCUT2D eigenvalue weighted by molar-refractivity contribution is -0.138. The maximum absolute atomic E-state index is 14.3. The molecule has 10 heteroatoms. The van der Waals surface area contributed by atoms with E-state index in [4.69, 9.17) is 44.5 Å². The summed E-state index contributed by atoms with van der Waals surface area (Å²) in [6.07, 6.45) is 9.36. The first-order chi connectivity index (χ1) is 22.8. The summed E-state index contributed by atoms with van der Waals surface area (Å²) < 4.78 is 6.24. The van der Waals surface area contributed by atoms with Crippen LogP contribution >= 0.6 is 34.8 Å². The van der Waals surface area contributed by atoms with Gasteiger partial charge in [0.05, 0.1) is 22.5 Å². The summed E-state index contributed by atoms with van der Waals surface area (Å²) in [4.78, 5) is 23.6. The summed E-state index contributed by atoms with van der Waals surface area (Å²) in [6.45, 7) is 6.60. The summed E-state index contributed by atoms with van der Waals surface area (Å²) in [5.41, 5.74) is 4.44. The molecule has 1 aromatic heterocycles. The third-order valence-corrected chi connectivity index (χ3v) is 11.0. The van der Waals surface area contributed by atoms with Gasteiger partial charge in [0.1, 0.15) is 11.9 Å². The van der Waals surface area contributed by atoms with Gasteiger partial charge in [-0.15, -0.1) is 0 Å². The Labute approximate surface area is 293 Å². The second kappa shape index (κ2) is 14.5. The molecule has 0 spiro atoms. The van der Waals surface area contributed by atoms with E-state index in [0.717, 1.165) is 79.3 Å². The number of benzene rings is 2. The molecule has 2 saturated carbocycles. The van der Waals surface area contributed by atoms with Gasteiger partial charge in [0.2, 0.25) is 5.91 Å². The first-order valence-corrected chi connectivity index (χ1v) is 18.3. The quantitative estimate of drug-likeness (QED) is 0.209. The average Bonchev–Trinajstić information content (AvgIpc) is 4.02. The van der Waals surface area contributed by atoms with Crippen LogP contribution in [0.25, 0.3) is 0 Å². The van der Waals surface area contributed by atoms with E-state index in [1.807, 2.05) is 31.3 Å². The van der Waals surface area contributed by atoms with E-state index in [0.29, 0.717) is 41.5 Å². The van der Waals surface area contributed by atoms with E-state index >= 15 is 0 Å². The molecule has 0 unspecified atom stereocenters. The van der Waals surface area contributed by atoms with Gasteiger partial charge in [-0.25, -0.2) is 4.98 Å². The molecule has 7 nitrogen and oxygen atoms in total. The van der Waals surface area contributed by atoms with Crippen molar-refractivity contribution in [2.75, 3.05) is 37.6 Å². The highest BCUT2D eigenvalue weighted by molar-refractivity contribution is 6.37. The summed E-state index contributed by atoms with van der Waals surface area (Å²) in [5.74, 6) is 1.66. The molecule has 2 saturated heterocycles. The Morgan fingerprint density at radius 3 is 2.55 bits per heavy atom. The van der Waals surface area contributed by atoms with E-state index in [2.05, 4.69) is 44.7 Å². The molecule has 47 heavy (non-hydrogen) atoms. The van der Waals surface area contributed by atoms with E-state index in [1.165, 1.54) is 18.4 Å². The molecule has 3 aromatic rings. The zero-order valence-electron chi connectivity index (χ0n) is 27.0. The van der Waals surface area contributed by atoms with Gasteiger partial charge in [-0.2, -0.15) is 0 Å². The summed E-state index contributed by atoms with van der Waals surface area (Å²) in [5, 5.41) is 8.91.